The average molecular weight is 411 g/mol. The Morgan fingerprint density at radius 3 is 2.30 bits per heavy atom. The van der Waals surface area contributed by atoms with Crippen molar-refractivity contribution in [1.29, 1.82) is 0 Å². The Kier molecular flexibility index (Phi) is 4.82. The van der Waals surface area contributed by atoms with Crippen LogP contribution in [-0.4, -0.2) is 12.2 Å². The van der Waals surface area contributed by atoms with Crippen molar-refractivity contribution in [2.45, 2.75) is 6.10 Å². The molecule has 0 aliphatic heterocycles. The van der Waals surface area contributed by atoms with Gasteiger partial charge in [0, 0.05) is 15.7 Å². The first-order valence-electron chi connectivity index (χ1n) is 5.60. The summed E-state index contributed by atoms with van der Waals surface area (Å²) >= 11 is 7.97. The van der Waals surface area contributed by atoms with Crippen LogP contribution in [0.15, 0.2) is 30.3 Å². The molecule has 6 heteroatoms. The van der Waals surface area contributed by atoms with Crippen LogP contribution in [-0.2, 0) is 0 Å². The van der Waals surface area contributed by atoms with Crippen molar-refractivity contribution in [1.82, 2.24) is 0 Å². The molecule has 2 nitrogen and oxygen atoms in total. The fourth-order valence-corrected chi connectivity index (χ4v) is 2.31. The molecular weight excluding hydrogens is 401 g/mol. The van der Waals surface area contributed by atoms with Gasteiger partial charge in [0.15, 0.2) is 0 Å². The second kappa shape index (κ2) is 6.24. The summed E-state index contributed by atoms with van der Waals surface area (Å²) in [7, 11) is 1.31. The fourth-order valence-electron chi connectivity index (χ4n) is 1.79. The summed E-state index contributed by atoms with van der Waals surface area (Å²) in [5, 5.41) is 10.6. The first-order valence-corrected chi connectivity index (χ1v) is 7.05. The predicted octanol–water partition coefficient (Wildman–Crippen LogP) is 4.31. The molecule has 0 saturated heterocycles. The molecule has 0 radical (unpaired) electrons. The van der Waals surface area contributed by atoms with Gasteiger partial charge in [-0.15, -0.1) is 0 Å². The maximum absolute atomic E-state index is 13.9. The third-order valence-corrected chi connectivity index (χ3v) is 4.39. The van der Waals surface area contributed by atoms with Crippen LogP contribution in [0.3, 0.4) is 0 Å². The number of aliphatic hydroxyl groups is 1. The normalized spacial score (nSPS) is 12.3. The van der Waals surface area contributed by atoms with Crippen molar-refractivity contribution >= 4 is 34.2 Å². The number of halogens is 4. The minimum atomic E-state index is -1.43. The molecule has 0 bridgehead atoms. The Morgan fingerprint density at radius 1 is 1.20 bits per heavy atom. The highest BCUT2D eigenvalue weighted by Crippen LogP contribution is 2.32. The van der Waals surface area contributed by atoms with Gasteiger partial charge in [-0.05, 0) is 40.3 Å². The number of methoxy groups -OCH3 is 1. The van der Waals surface area contributed by atoms with Crippen LogP contribution in [0.1, 0.15) is 17.2 Å². The lowest BCUT2D eigenvalue weighted by Crippen LogP contribution is -2.06. The maximum atomic E-state index is 13.9. The number of ether oxygens (including phenoxy) is 1. The van der Waals surface area contributed by atoms with E-state index in [0.717, 1.165) is 15.7 Å². The van der Waals surface area contributed by atoms with Crippen molar-refractivity contribution in [3.63, 3.8) is 0 Å². The molecule has 1 unspecified atom stereocenters. The number of hydrogen-bond acceptors (Lipinski definition) is 2. The lowest BCUT2D eigenvalue weighted by Gasteiger charge is -2.15. The summed E-state index contributed by atoms with van der Waals surface area (Å²) in [6, 6.07) is 6.77. The first-order chi connectivity index (χ1) is 9.43. The van der Waals surface area contributed by atoms with E-state index in [-0.39, 0.29) is 5.75 Å². The third kappa shape index (κ3) is 3.05. The molecule has 0 saturated carbocycles. The number of benzene rings is 2. The van der Waals surface area contributed by atoms with Gasteiger partial charge >= 0.3 is 0 Å². The van der Waals surface area contributed by atoms with Gasteiger partial charge in [-0.2, -0.15) is 0 Å². The van der Waals surface area contributed by atoms with Crippen LogP contribution in [0.2, 0.25) is 5.02 Å². The highest BCUT2D eigenvalue weighted by Gasteiger charge is 2.21. The Morgan fingerprint density at radius 2 is 1.80 bits per heavy atom. The minimum absolute atomic E-state index is 0.0524. The first kappa shape index (κ1) is 15.5. The average Bonchev–Trinajstić information content (AvgIpc) is 2.40. The van der Waals surface area contributed by atoms with Crippen LogP contribution in [0, 0.1) is 15.2 Å². The van der Waals surface area contributed by atoms with Crippen molar-refractivity contribution in [3.8, 4) is 5.75 Å². The molecule has 0 spiro atoms. The van der Waals surface area contributed by atoms with Gasteiger partial charge in [-0.1, -0.05) is 17.7 Å². The summed E-state index contributed by atoms with van der Waals surface area (Å²) in [5.41, 5.74) is -0.110. The van der Waals surface area contributed by atoms with E-state index in [1.54, 1.807) is 12.1 Å². The van der Waals surface area contributed by atoms with Crippen LogP contribution < -0.4 is 4.74 Å². The van der Waals surface area contributed by atoms with E-state index in [1.807, 2.05) is 22.6 Å². The molecule has 2 aromatic carbocycles. The lowest BCUT2D eigenvalue weighted by atomic mass is 10.0. The summed E-state index contributed by atoms with van der Waals surface area (Å²) < 4.78 is 33.4. The van der Waals surface area contributed by atoms with E-state index in [9.17, 15) is 13.9 Å². The lowest BCUT2D eigenvalue weighted by molar-refractivity contribution is 0.208. The largest absolute Gasteiger partial charge is 0.497 e. The quantitative estimate of drug-likeness (QED) is 0.764. The zero-order valence-corrected chi connectivity index (χ0v) is 13.2. The summed E-state index contributed by atoms with van der Waals surface area (Å²) in [6.45, 7) is 0. The Labute approximate surface area is 133 Å². The van der Waals surface area contributed by atoms with Crippen LogP contribution >= 0.6 is 34.2 Å². The van der Waals surface area contributed by atoms with E-state index < -0.39 is 23.3 Å². The van der Waals surface area contributed by atoms with Crippen LogP contribution in [0.4, 0.5) is 8.78 Å². The van der Waals surface area contributed by atoms with E-state index in [2.05, 4.69) is 0 Å². The molecule has 2 rings (SSSR count). The molecular formula is C14H10ClF2IO2. The summed E-state index contributed by atoms with van der Waals surface area (Å²) in [6.07, 6.45) is -1.43. The molecule has 0 fully saturated rings. The Bertz CT molecular complexity index is 626. The zero-order chi connectivity index (χ0) is 14.9. The molecule has 1 N–H and O–H groups in total. The molecule has 0 aromatic heterocycles. The van der Waals surface area contributed by atoms with Crippen molar-refractivity contribution in [2.24, 2.45) is 0 Å². The fraction of sp³-hybridized carbons (Fsp3) is 0.143. The smallest absolute Gasteiger partial charge is 0.135 e. The number of aliphatic hydroxyl groups excluding tert-OH is 1. The SMILES string of the molecule is COc1cc(F)c(C(O)c2ccc(I)c(Cl)c2)c(F)c1. The summed E-state index contributed by atoms with van der Waals surface area (Å²) in [4.78, 5) is 0. The van der Waals surface area contributed by atoms with E-state index in [0.29, 0.717) is 10.6 Å². The van der Waals surface area contributed by atoms with E-state index >= 15 is 0 Å². The van der Waals surface area contributed by atoms with Gasteiger partial charge < -0.3 is 9.84 Å². The number of rotatable bonds is 3. The molecule has 1 atom stereocenters. The summed E-state index contributed by atoms with van der Waals surface area (Å²) in [5.74, 6) is -1.69. The molecule has 2 aromatic rings. The monoisotopic (exact) mass is 410 g/mol. The minimum Gasteiger partial charge on any atom is -0.497 e. The van der Waals surface area contributed by atoms with Crippen LogP contribution in [0.5, 0.6) is 5.75 Å². The topological polar surface area (TPSA) is 29.5 Å². The molecule has 20 heavy (non-hydrogen) atoms. The van der Waals surface area contributed by atoms with E-state index in [1.165, 1.54) is 13.2 Å². The van der Waals surface area contributed by atoms with Crippen LogP contribution in [0.25, 0.3) is 0 Å². The van der Waals surface area contributed by atoms with E-state index in [4.69, 9.17) is 16.3 Å². The predicted molar refractivity (Wildman–Crippen MR) is 81.1 cm³/mol. The van der Waals surface area contributed by atoms with Crippen molar-refractivity contribution < 1.29 is 18.6 Å². The van der Waals surface area contributed by atoms with Gasteiger partial charge in [0.2, 0.25) is 0 Å². The molecule has 0 aliphatic carbocycles. The maximum Gasteiger partial charge on any atom is 0.135 e. The standard InChI is InChI=1S/C14H10ClF2IO2/c1-20-8-5-10(16)13(11(17)6-8)14(19)7-2-3-12(18)9(15)4-7/h2-6,14,19H,1H3. The van der Waals surface area contributed by atoms with Gasteiger partial charge in [0.05, 0.1) is 17.7 Å². The molecule has 0 heterocycles. The second-order valence-electron chi connectivity index (χ2n) is 4.08. The Balaban J connectivity index is 2.47. The number of hydrogen-bond donors (Lipinski definition) is 1. The highest BCUT2D eigenvalue weighted by atomic mass is 127. The molecule has 0 aliphatic rings. The zero-order valence-electron chi connectivity index (χ0n) is 10.3. The highest BCUT2D eigenvalue weighted by molar-refractivity contribution is 14.1. The Hall–Kier alpha value is -0.920. The van der Waals surface area contributed by atoms with Gasteiger partial charge in [-0.3, -0.25) is 0 Å². The van der Waals surface area contributed by atoms with Gasteiger partial charge in [0.25, 0.3) is 0 Å². The van der Waals surface area contributed by atoms with Gasteiger partial charge in [-0.25, -0.2) is 8.78 Å². The molecule has 0 amide bonds. The molecule has 106 valence electrons. The third-order valence-electron chi connectivity index (χ3n) is 2.82. The van der Waals surface area contributed by atoms with Crippen molar-refractivity contribution in [2.75, 3.05) is 7.11 Å². The van der Waals surface area contributed by atoms with Crippen molar-refractivity contribution in [3.05, 3.63) is 61.7 Å². The van der Waals surface area contributed by atoms with Gasteiger partial charge in [0.1, 0.15) is 23.5 Å². The second-order valence-corrected chi connectivity index (χ2v) is 5.65.